The second kappa shape index (κ2) is 6.03. The summed E-state index contributed by atoms with van der Waals surface area (Å²) in [6.07, 6.45) is 1.17. The van der Waals surface area contributed by atoms with Crippen molar-refractivity contribution in [2.75, 3.05) is 20.2 Å². The Bertz CT molecular complexity index is 522. The maximum atomic E-state index is 13.9. The summed E-state index contributed by atoms with van der Waals surface area (Å²) in [7, 11) is 1.45. The van der Waals surface area contributed by atoms with Crippen LogP contribution in [-0.4, -0.2) is 36.8 Å². The van der Waals surface area contributed by atoms with Crippen molar-refractivity contribution in [3.63, 3.8) is 0 Å². The number of amides is 1. The lowest BCUT2D eigenvalue weighted by atomic mass is 9.88. The number of hydrogen-bond donors (Lipinski definition) is 0. The van der Waals surface area contributed by atoms with E-state index in [-0.39, 0.29) is 23.2 Å². The Morgan fingerprint density at radius 1 is 1.30 bits per heavy atom. The molecule has 5 heteroatoms. The summed E-state index contributed by atoms with van der Waals surface area (Å²) in [5.41, 5.74) is 0.104. The molecule has 4 nitrogen and oxygen atoms in total. The number of carbonyl (C=O) groups is 2. The number of ketones is 1. The molecule has 108 valence electrons. The van der Waals surface area contributed by atoms with Crippen LogP contribution in [0.1, 0.15) is 30.1 Å². The van der Waals surface area contributed by atoms with E-state index in [4.69, 9.17) is 4.74 Å². The van der Waals surface area contributed by atoms with Crippen LogP contribution >= 0.6 is 0 Å². The molecule has 0 saturated carbocycles. The number of Topliss-reactive ketones (excluding diaryl/α,β-unsaturated/α-hetero) is 1. The fraction of sp³-hybridized carbons (Fsp3) is 0.467. The van der Waals surface area contributed by atoms with Crippen LogP contribution in [0.3, 0.4) is 0 Å². The van der Waals surface area contributed by atoms with E-state index in [1.165, 1.54) is 26.2 Å². The van der Waals surface area contributed by atoms with E-state index in [1.807, 2.05) is 0 Å². The molecular formula is C15H18FNO3. The van der Waals surface area contributed by atoms with E-state index in [1.54, 1.807) is 11.0 Å². The predicted molar refractivity (Wildman–Crippen MR) is 72.3 cm³/mol. The van der Waals surface area contributed by atoms with Crippen LogP contribution in [0.2, 0.25) is 0 Å². The van der Waals surface area contributed by atoms with Gasteiger partial charge in [0.15, 0.2) is 5.78 Å². The van der Waals surface area contributed by atoms with Gasteiger partial charge >= 0.3 is 0 Å². The first-order valence-corrected chi connectivity index (χ1v) is 6.66. The first-order chi connectivity index (χ1) is 9.52. The summed E-state index contributed by atoms with van der Waals surface area (Å²) in [4.78, 5) is 25.3. The van der Waals surface area contributed by atoms with Crippen molar-refractivity contribution in [1.82, 2.24) is 4.90 Å². The second-order valence-corrected chi connectivity index (χ2v) is 4.99. The summed E-state index contributed by atoms with van der Waals surface area (Å²) in [5.74, 6) is -0.540. The first-order valence-electron chi connectivity index (χ1n) is 6.66. The molecule has 0 aromatic heterocycles. The Labute approximate surface area is 117 Å². The highest BCUT2D eigenvalue weighted by Gasteiger charge is 2.28. The Hall–Kier alpha value is -1.91. The average molecular weight is 279 g/mol. The highest BCUT2D eigenvalue weighted by molar-refractivity contribution is 5.98. The highest BCUT2D eigenvalue weighted by atomic mass is 19.1. The maximum Gasteiger partial charge on any atom is 0.219 e. The summed E-state index contributed by atoms with van der Waals surface area (Å²) in [6.45, 7) is 2.64. The van der Waals surface area contributed by atoms with Crippen molar-refractivity contribution in [2.45, 2.75) is 19.8 Å². The number of nitrogens with zero attached hydrogens (tertiary/aromatic N) is 1. The minimum Gasteiger partial charge on any atom is -0.497 e. The van der Waals surface area contributed by atoms with Crippen molar-refractivity contribution >= 4 is 11.7 Å². The second-order valence-electron chi connectivity index (χ2n) is 4.99. The molecule has 1 aromatic rings. The highest BCUT2D eigenvalue weighted by Crippen LogP contribution is 2.25. The van der Waals surface area contributed by atoms with E-state index >= 15 is 0 Å². The van der Waals surface area contributed by atoms with Crippen LogP contribution < -0.4 is 4.74 Å². The smallest absolute Gasteiger partial charge is 0.219 e. The van der Waals surface area contributed by atoms with E-state index in [9.17, 15) is 14.0 Å². The third-order valence-corrected chi connectivity index (χ3v) is 3.75. The zero-order valence-corrected chi connectivity index (χ0v) is 11.7. The van der Waals surface area contributed by atoms with Crippen molar-refractivity contribution in [3.05, 3.63) is 29.6 Å². The van der Waals surface area contributed by atoms with Gasteiger partial charge in [0.1, 0.15) is 11.6 Å². The topological polar surface area (TPSA) is 46.6 Å². The summed E-state index contributed by atoms with van der Waals surface area (Å²) < 4.78 is 18.8. The molecule has 0 unspecified atom stereocenters. The van der Waals surface area contributed by atoms with Crippen molar-refractivity contribution in [1.29, 1.82) is 0 Å². The van der Waals surface area contributed by atoms with E-state index in [2.05, 4.69) is 0 Å². The monoisotopic (exact) mass is 279 g/mol. The molecule has 0 aliphatic carbocycles. The standard InChI is InChI=1S/C15H18FNO3/c1-10(18)17-7-5-11(6-8-17)15(19)13-4-3-12(20-2)9-14(13)16/h3-4,9,11H,5-8H2,1-2H3. The summed E-state index contributed by atoms with van der Waals surface area (Å²) >= 11 is 0. The lowest BCUT2D eigenvalue weighted by Crippen LogP contribution is -2.39. The maximum absolute atomic E-state index is 13.9. The van der Waals surface area contributed by atoms with Crippen LogP contribution in [0, 0.1) is 11.7 Å². The molecule has 1 amide bonds. The number of benzene rings is 1. The van der Waals surface area contributed by atoms with Gasteiger partial charge in [0.05, 0.1) is 12.7 Å². The average Bonchev–Trinajstić information content (AvgIpc) is 2.46. The summed E-state index contributed by atoms with van der Waals surface area (Å²) in [5, 5.41) is 0. The SMILES string of the molecule is COc1ccc(C(=O)C2CCN(C(C)=O)CC2)c(F)c1. The van der Waals surface area contributed by atoms with Crippen LogP contribution in [0.5, 0.6) is 5.75 Å². The molecule has 1 aromatic carbocycles. The van der Waals surface area contributed by atoms with Crippen LogP contribution in [0.25, 0.3) is 0 Å². The number of rotatable bonds is 3. The number of hydrogen-bond acceptors (Lipinski definition) is 3. The van der Waals surface area contributed by atoms with Gasteiger partial charge in [-0.2, -0.15) is 0 Å². The molecule has 20 heavy (non-hydrogen) atoms. The molecule has 0 spiro atoms. The van der Waals surface area contributed by atoms with Gasteiger partial charge in [-0.15, -0.1) is 0 Å². The molecule has 0 bridgehead atoms. The number of likely N-dealkylation sites (tertiary alicyclic amines) is 1. The van der Waals surface area contributed by atoms with Crippen molar-refractivity contribution < 1.29 is 18.7 Å². The Morgan fingerprint density at radius 2 is 1.95 bits per heavy atom. The minimum atomic E-state index is -0.552. The van der Waals surface area contributed by atoms with Crippen molar-refractivity contribution in [2.24, 2.45) is 5.92 Å². The van der Waals surface area contributed by atoms with Gasteiger partial charge in [-0.05, 0) is 25.0 Å². The molecular weight excluding hydrogens is 261 g/mol. The molecule has 1 fully saturated rings. The quantitative estimate of drug-likeness (QED) is 0.797. The van der Waals surface area contributed by atoms with Gasteiger partial charge in [0, 0.05) is 32.0 Å². The largest absolute Gasteiger partial charge is 0.497 e. The number of halogens is 1. The minimum absolute atomic E-state index is 0.0199. The Balaban J connectivity index is 2.07. The number of piperidine rings is 1. The van der Waals surface area contributed by atoms with Gasteiger partial charge < -0.3 is 9.64 Å². The molecule has 1 saturated heterocycles. The van der Waals surface area contributed by atoms with Crippen LogP contribution in [0.15, 0.2) is 18.2 Å². The Kier molecular flexibility index (Phi) is 4.37. The summed E-state index contributed by atoms with van der Waals surface area (Å²) in [6, 6.07) is 4.27. The molecule has 2 rings (SSSR count). The normalized spacial score (nSPS) is 16.1. The number of carbonyl (C=O) groups excluding carboxylic acids is 2. The Morgan fingerprint density at radius 3 is 2.45 bits per heavy atom. The zero-order chi connectivity index (χ0) is 14.7. The third kappa shape index (κ3) is 2.98. The zero-order valence-electron chi connectivity index (χ0n) is 11.7. The number of methoxy groups -OCH3 is 1. The molecule has 0 N–H and O–H groups in total. The molecule has 0 atom stereocenters. The van der Waals surface area contributed by atoms with Crippen LogP contribution in [0.4, 0.5) is 4.39 Å². The number of ether oxygens (including phenoxy) is 1. The first kappa shape index (κ1) is 14.5. The predicted octanol–water partition coefficient (Wildman–Crippen LogP) is 2.28. The van der Waals surface area contributed by atoms with Crippen molar-refractivity contribution in [3.8, 4) is 5.75 Å². The fourth-order valence-electron chi connectivity index (χ4n) is 2.50. The molecule has 1 heterocycles. The molecule has 1 aliphatic rings. The van der Waals surface area contributed by atoms with E-state index in [0.717, 1.165) is 0 Å². The van der Waals surface area contributed by atoms with Gasteiger partial charge in [-0.3, -0.25) is 9.59 Å². The molecule has 1 aliphatic heterocycles. The van der Waals surface area contributed by atoms with E-state index < -0.39 is 5.82 Å². The van der Waals surface area contributed by atoms with Gasteiger partial charge in [0.25, 0.3) is 0 Å². The lowest BCUT2D eigenvalue weighted by Gasteiger charge is -2.30. The molecule has 0 radical (unpaired) electrons. The van der Waals surface area contributed by atoms with E-state index in [0.29, 0.717) is 31.7 Å². The van der Waals surface area contributed by atoms with Gasteiger partial charge in [-0.1, -0.05) is 0 Å². The lowest BCUT2D eigenvalue weighted by molar-refractivity contribution is -0.130. The third-order valence-electron chi connectivity index (χ3n) is 3.75. The fourth-order valence-corrected chi connectivity index (χ4v) is 2.50. The van der Waals surface area contributed by atoms with Crippen LogP contribution in [-0.2, 0) is 4.79 Å². The van der Waals surface area contributed by atoms with Gasteiger partial charge in [-0.25, -0.2) is 4.39 Å². The van der Waals surface area contributed by atoms with Gasteiger partial charge in [0.2, 0.25) is 5.91 Å².